The summed E-state index contributed by atoms with van der Waals surface area (Å²) < 4.78 is 5.75. The number of aliphatic carboxylic acids is 1. The molecular weight excluding hydrogens is 376 g/mol. The number of benzene rings is 1. The van der Waals surface area contributed by atoms with Crippen LogP contribution in [0.5, 0.6) is 5.75 Å². The minimum absolute atomic E-state index is 0.280. The van der Waals surface area contributed by atoms with E-state index >= 15 is 0 Å². The monoisotopic (exact) mass is 420 g/mol. The zero-order chi connectivity index (χ0) is 22.9. The van der Waals surface area contributed by atoms with Crippen LogP contribution in [0.3, 0.4) is 0 Å². The van der Waals surface area contributed by atoms with Crippen molar-refractivity contribution < 1.29 is 19.7 Å². The fourth-order valence-corrected chi connectivity index (χ4v) is 3.72. The van der Waals surface area contributed by atoms with Gasteiger partial charge in [-0.05, 0) is 40.4 Å². The second kappa shape index (κ2) is 11.7. The van der Waals surface area contributed by atoms with Gasteiger partial charge >= 0.3 is 5.97 Å². The smallest absolute Gasteiger partial charge is 0.311 e. The Kier molecular flexibility index (Phi) is 10.4. The van der Waals surface area contributed by atoms with Crippen molar-refractivity contribution in [1.82, 2.24) is 0 Å². The Morgan fingerprint density at radius 2 is 1.40 bits per heavy atom. The van der Waals surface area contributed by atoms with E-state index in [1.165, 1.54) is 32.1 Å². The third-order valence-electron chi connectivity index (χ3n) is 5.64. The maximum Gasteiger partial charge on any atom is 0.311 e. The minimum Gasteiger partial charge on any atom is -0.507 e. The Morgan fingerprint density at radius 1 is 0.900 bits per heavy atom. The molecule has 2 N–H and O–H groups in total. The molecule has 0 saturated heterocycles. The lowest BCUT2D eigenvalue weighted by Crippen LogP contribution is -2.21. The predicted molar refractivity (Wildman–Crippen MR) is 125 cm³/mol. The molecule has 1 aromatic rings. The zero-order valence-corrected chi connectivity index (χ0v) is 20.3. The molecule has 0 heterocycles. The second-order valence-electron chi connectivity index (χ2n) is 10.5. The van der Waals surface area contributed by atoms with Crippen molar-refractivity contribution in [2.75, 3.05) is 13.2 Å². The van der Waals surface area contributed by atoms with Crippen molar-refractivity contribution >= 4 is 5.97 Å². The van der Waals surface area contributed by atoms with E-state index < -0.39 is 11.9 Å². The van der Waals surface area contributed by atoms with Crippen LogP contribution in [-0.2, 0) is 20.4 Å². The first-order valence-corrected chi connectivity index (χ1v) is 11.6. The summed E-state index contributed by atoms with van der Waals surface area (Å²) in [6.45, 7) is 15.6. The Morgan fingerprint density at radius 3 is 1.87 bits per heavy atom. The van der Waals surface area contributed by atoms with Crippen LogP contribution in [0.15, 0.2) is 12.1 Å². The molecule has 0 aromatic heterocycles. The van der Waals surface area contributed by atoms with Gasteiger partial charge in [-0.25, -0.2) is 0 Å². The van der Waals surface area contributed by atoms with Gasteiger partial charge in [0.05, 0.1) is 5.92 Å². The number of carboxylic acid groups (broad SMARTS) is 1. The number of carbonyl (C=O) groups is 1. The van der Waals surface area contributed by atoms with E-state index in [0.717, 1.165) is 23.1 Å². The SMILES string of the molecule is CCCCCCCCOCCC(C(=O)O)c1cc(C(C)(C)C)c(O)c(C(C)(C)C)c1. The normalized spacial score (nSPS) is 13.4. The molecule has 1 unspecified atom stereocenters. The van der Waals surface area contributed by atoms with Gasteiger partial charge in [-0.3, -0.25) is 4.79 Å². The molecule has 1 atom stereocenters. The van der Waals surface area contributed by atoms with Gasteiger partial charge in [0.25, 0.3) is 0 Å². The van der Waals surface area contributed by atoms with E-state index in [4.69, 9.17) is 4.74 Å². The topological polar surface area (TPSA) is 66.8 Å². The Bertz CT molecular complexity index is 630. The van der Waals surface area contributed by atoms with E-state index in [-0.39, 0.29) is 16.6 Å². The summed E-state index contributed by atoms with van der Waals surface area (Å²) in [5.41, 5.74) is 1.78. The molecule has 0 fully saturated rings. The number of unbranched alkanes of at least 4 members (excludes halogenated alkanes) is 5. The van der Waals surface area contributed by atoms with Crippen LogP contribution in [0.1, 0.15) is 116 Å². The highest BCUT2D eigenvalue weighted by atomic mass is 16.5. The number of ether oxygens (including phenoxy) is 1. The van der Waals surface area contributed by atoms with Crippen molar-refractivity contribution in [2.45, 2.75) is 110 Å². The van der Waals surface area contributed by atoms with Crippen LogP contribution in [0, 0.1) is 0 Å². The highest BCUT2D eigenvalue weighted by Crippen LogP contribution is 2.41. The standard InChI is InChI=1S/C26H44O4/c1-8-9-10-11-12-13-15-30-16-14-20(24(28)29)19-17-21(25(2,3)4)23(27)22(18-19)26(5,6)7/h17-18,20,27H,8-16H2,1-7H3,(H,28,29). The second-order valence-corrected chi connectivity index (χ2v) is 10.5. The van der Waals surface area contributed by atoms with Crippen LogP contribution >= 0.6 is 0 Å². The molecule has 0 spiro atoms. The van der Waals surface area contributed by atoms with Gasteiger partial charge in [0, 0.05) is 13.2 Å². The summed E-state index contributed by atoms with van der Waals surface area (Å²) in [4.78, 5) is 12.1. The molecule has 0 amide bonds. The van der Waals surface area contributed by atoms with Crippen LogP contribution in [0.25, 0.3) is 0 Å². The molecule has 4 nitrogen and oxygen atoms in total. The lowest BCUT2D eigenvalue weighted by atomic mass is 9.76. The van der Waals surface area contributed by atoms with E-state index in [9.17, 15) is 15.0 Å². The molecule has 0 saturated carbocycles. The molecule has 0 aliphatic heterocycles. The number of phenolic OH excluding ortho intramolecular Hbond substituents is 1. The molecule has 0 aliphatic rings. The molecule has 172 valence electrons. The molecule has 1 rings (SSSR count). The number of rotatable bonds is 12. The Balaban J connectivity index is 2.88. The number of carboxylic acids is 1. The average molecular weight is 421 g/mol. The first-order chi connectivity index (χ1) is 13.9. The van der Waals surface area contributed by atoms with Gasteiger partial charge in [-0.1, -0.05) is 92.7 Å². The molecule has 0 aliphatic carbocycles. The van der Waals surface area contributed by atoms with Gasteiger partial charge in [-0.2, -0.15) is 0 Å². The van der Waals surface area contributed by atoms with Crippen molar-refractivity contribution in [3.8, 4) is 5.75 Å². The summed E-state index contributed by atoms with van der Waals surface area (Å²) in [6.07, 6.45) is 7.70. The molecule has 1 aromatic carbocycles. The number of aromatic hydroxyl groups is 1. The van der Waals surface area contributed by atoms with Crippen LogP contribution < -0.4 is 0 Å². The Labute approximate surface area is 184 Å². The summed E-state index contributed by atoms with van der Waals surface area (Å²) in [6, 6.07) is 3.74. The fourth-order valence-electron chi connectivity index (χ4n) is 3.72. The lowest BCUT2D eigenvalue weighted by Gasteiger charge is -2.29. The van der Waals surface area contributed by atoms with E-state index in [2.05, 4.69) is 6.92 Å². The van der Waals surface area contributed by atoms with Gasteiger partial charge in [0.2, 0.25) is 0 Å². The van der Waals surface area contributed by atoms with E-state index in [0.29, 0.717) is 19.6 Å². The average Bonchev–Trinajstić information content (AvgIpc) is 2.61. The third kappa shape index (κ3) is 8.29. The predicted octanol–water partition coefficient (Wildman–Crippen LogP) is 6.92. The van der Waals surface area contributed by atoms with E-state index in [1.807, 2.05) is 53.7 Å². The number of hydrogen-bond donors (Lipinski definition) is 2. The first-order valence-electron chi connectivity index (χ1n) is 11.6. The van der Waals surface area contributed by atoms with Crippen LogP contribution in [-0.4, -0.2) is 29.4 Å². The van der Waals surface area contributed by atoms with Crippen LogP contribution in [0.2, 0.25) is 0 Å². The maximum atomic E-state index is 12.1. The molecule has 4 heteroatoms. The Hall–Kier alpha value is -1.55. The van der Waals surface area contributed by atoms with Gasteiger partial charge < -0.3 is 14.9 Å². The van der Waals surface area contributed by atoms with Crippen molar-refractivity contribution in [3.63, 3.8) is 0 Å². The minimum atomic E-state index is -0.844. The number of phenols is 1. The summed E-state index contributed by atoms with van der Waals surface area (Å²) >= 11 is 0. The molecule has 0 radical (unpaired) electrons. The molecule has 30 heavy (non-hydrogen) atoms. The van der Waals surface area contributed by atoms with Gasteiger partial charge in [-0.15, -0.1) is 0 Å². The van der Waals surface area contributed by atoms with Crippen molar-refractivity contribution in [2.24, 2.45) is 0 Å². The highest BCUT2D eigenvalue weighted by molar-refractivity contribution is 5.76. The van der Waals surface area contributed by atoms with Gasteiger partial charge in [0.1, 0.15) is 5.75 Å². The van der Waals surface area contributed by atoms with Crippen molar-refractivity contribution in [3.05, 3.63) is 28.8 Å². The van der Waals surface area contributed by atoms with Gasteiger partial charge in [0.15, 0.2) is 0 Å². The van der Waals surface area contributed by atoms with Crippen LogP contribution in [0.4, 0.5) is 0 Å². The lowest BCUT2D eigenvalue weighted by molar-refractivity contribution is -0.139. The van der Waals surface area contributed by atoms with Crippen molar-refractivity contribution in [1.29, 1.82) is 0 Å². The summed E-state index contributed by atoms with van der Waals surface area (Å²) in [5, 5.41) is 20.8. The van der Waals surface area contributed by atoms with E-state index in [1.54, 1.807) is 0 Å². The quantitative estimate of drug-likeness (QED) is 0.360. The summed E-state index contributed by atoms with van der Waals surface area (Å²) in [5.74, 6) is -1.21. The maximum absolute atomic E-state index is 12.1. The third-order valence-corrected chi connectivity index (χ3v) is 5.64. The summed E-state index contributed by atoms with van der Waals surface area (Å²) in [7, 11) is 0. The molecular formula is C26H44O4. The highest BCUT2D eigenvalue weighted by Gasteiger charge is 2.30. The molecule has 0 bridgehead atoms. The number of hydrogen-bond acceptors (Lipinski definition) is 3. The largest absolute Gasteiger partial charge is 0.507 e. The fraction of sp³-hybridized carbons (Fsp3) is 0.731. The zero-order valence-electron chi connectivity index (χ0n) is 20.3. The first kappa shape index (κ1) is 26.5.